The molecule has 0 aromatic rings. The van der Waals surface area contributed by atoms with E-state index in [1.807, 2.05) is 0 Å². The summed E-state index contributed by atoms with van der Waals surface area (Å²) in [6, 6.07) is 0. The standard InChI is InChI=1S/C4H9NO2Si/c8-7-3-4-1-2-6-5-4/h1-3H2,8H3. The Kier molecular flexibility index (Phi) is 2.05. The van der Waals surface area contributed by atoms with Crippen molar-refractivity contribution in [2.45, 2.75) is 6.42 Å². The third kappa shape index (κ3) is 1.31. The van der Waals surface area contributed by atoms with Crippen LogP contribution in [0.4, 0.5) is 0 Å². The molecule has 0 aromatic heterocycles. The molecule has 8 heavy (non-hydrogen) atoms. The van der Waals surface area contributed by atoms with Crippen molar-refractivity contribution in [3.63, 3.8) is 0 Å². The van der Waals surface area contributed by atoms with Crippen LogP contribution < -0.4 is 0 Å². The first kappa shape index (κ1) is 5.78. The van der Waals surface area contributed by atoms with E-state index in [-0.39, 0.29) is 0 Å². The quantitative estimate of drug-likeness (QED) is 0.453. The van der Waals surface area contributed by atoms with Gasteiger partial charge in [-0.15, -0.1) is 0 Å². The maximum atomic E-state index is 4.95. The third-order valence-corrected chi connectivity index (χ3v) is 1.28. The predicted molar refractivity (Wildman–Crippen MR) is 33.9 cm³/mol. The number of hydrogen-bond donors (Lipinski definition) is 0. The van der Waals surface area contributed by atoms with Gasteiger partial charge in [-0.25, -0.2) is 0 Å². The number of hydrogen-bond acceptors (Lipinski definition) is 3. The zero-order chi connectivity index (χ0) is 5.82. The largest absolute Gasteiger partial charge is 0.422 e. The minimum Gasteiger partial charge on any atom is -0.422 e. The topological polar surface area (TPSA) is 30.8 Å². The van der Waals surface area contributed by atoms with E-state index in [0.717, 1.165) is 29.2 Å². The van der Waals surface area contributed by atoms with E-state index in [2.05, 4.69) is 5.16 Å². The van der Waals surface area contributed by atoms with E-state index in [1.54, 1.807) is 0 Å². The third-order valence-electron chi connectivity index (χ3n) is 0.987. The van der Waals surface area contributed by atoms with Crippen LogP contribution in [-0.2, 0) is 9.26 Å². The van der Waals surface area contributed by atoms with Gasteiger partial charge in [-0.1, -0.05) is 5.16 Å². The van der Waals surface area contributed by atoms with Crippen LogP contribution in [-0.4, -0.2) is 29.4 Å². The fraction of sp³-hybridized carbons (Fsp3) is 0.750. The summed E-state index contributed by atoms with van der Waals surface area (Å²) in [6.45, 7) is 1.41. The molecule has 46 valence electrons. The molecule has 0 fully saturated rings. The molecule has 0 amide bonds. The summed E-state index contributed by atoms with van der Waals surface area (Å²) in [4.78, 5) is 4.73. The molecule has 1 heterocycles. The Morgan fingerprint density at radius 1 is 1.88 bits per heavy atom. The highest BCUT2D eigenvalue weighted by Gasteiger charge is 2.05. The second-order valence-electron chi connectivity index (χ2n) is 1.67. The molecule has 0 N–H and O–H groups in total. The second-order valence-corrected chi connectivity index (χ2v) is 2.25. The lowest BCUT2D eigenvalue weighted by molar-refractivity contribution is 0.173. The van der Waals surface area contributed by atoms with Crippen LogP contribution in [0.15, 0.2) is 5.16 Å². The molecular formula is C4H9NO2Si. The highest BCUT2D eigenvalue weighted by molar-refractivity contribution is 6.00. The highest BCUT2D eigenvalue weighted by atomic mass is 28.2. The smallest absolute Gasteiger partial charge is 0.146 e. The number of nitrogens with zero attached hydrogens (tertiary/aromatic N) is 1. The summed E-state index contributed by atoms with van der Waals surface area (Å²) in [5, 5.41) is 3.74. The van der Waals surface area contributed by atoms with Crippen LogP contribution in [0.25, 0.3) is 0 Å². The van der Waals surface area contributed by atoms with Crippen LogP contribution in [0, 0.1) is 0 Å². The predicted octanol–water partition coefficient (Wildman–Crippen LogP) is -0.940. The first-order valence-electron chi connectivity index (χ1n) is 2.60. The van der Waals surface area contributed by atoms with Crippen LogP contribution in [0.1, 0.15) is 6.42 Å². The van der Waals surface area contributed by atoms with Gasteiger partial charge in [-0.05, 0) is 0 Å². The molecule has 0 saturated heterocycles. The van der Waals surface area contributed by atoms with Gasteiger partial charge in [0.25, 0.3) is 0 Å². The van der Waals surface area contributed by atoms with Gasteiger partial charge in [-0.3, -0.25) is 0 Å². The van der Waals surface area contributed by atoms with E-state index in [0.29, 0.717) is 6.61 Å². The lowest BCUT2D eigenvalue weighted by Crippen LogP contribution is -2.03. The maximum absolute atomic E-state index is 4.95. The Hall–Kier alpha value is -0.353. The summed E-state index contributed by atoms with van der Waals surface area (Å²) in [5.41, 5.74) is 1.04. The molecule has 0 unspecified atom stereocenters. The molecule has 3 nitrogen and oxygen atoms in total. The molecule has 0 atom stereocenters. The van der Waals surface area contributed by atoms with E-state index in [9.17, 15) is 0 Å². The normalized spacial score (nSPS) is 18.2. The number of oxime groups is 1. The van der Waals surface area contributed by atoms with Gasteiger partial charge in [-0.2, -0.15) is 0 Å². The van der Waals surface area contributed by atoms with Crippen LogP contribution in [0.2, 0.25) is 0 Å². The van der Waals surface area contributed by atoms with Crippen molar-refractivity contribution in [1.82, 2.24) is 0 Å². The zero-order valence-electron chi connectivity index (χ0n) is 4.89. The Balaban J connectivity index is 2.23. The Morgan fingerprint density at radius 3 is 3.25 bits per heavy atom. The molecule has 0 saturated carbocycles. The lowest BCUT2D eigenvalue weighted by Gasteiger charge is -1.91. The Morgan fingerprint density at radius 2 is 2.75 bits per heavy atom. The van der Waals surface area contributed by atoms with Gasteiger partial charge in [0, 0.05) is 6.42 Å². The fourth-order valence-corrected chi connectivity index (χ4v) is 0.944. The van der Waals surface area contributed by atoms with Crippen LogP contribution >= 0.6 is 0 Å². The summed E-state index contributed by atoms with van der Waals surface area (Å²) >= 11 is 0. The van der Waals surface area contributed by atoms with Crippen molar-refractivity contribution in [3.8, 4) is 0 Å². The van der Waals surface area contributed by atoms with E-state index in [4.69, 9.17) is 9.26 Å². The van der Waals surface area contributed by atoms with Gasteiger partial charge >= 0.3 is 0 Å². The maximum Gasteiger partial charge on any atom is 0.146 e. The molecular weight excluding hydrogens is 122 g/mol. The van der Waals surface area contributed by atoms with Gasteiger partial charge in [0.2, 0.25) is 0 Å². The SMILES string of the molecule is [SiH3]OCC1=NOCC1. The Bertz CT molecular complexity index is 104. The molecule has 0 aliphatic carbocycles. The average Bonchev–Trinajstić information content (AvgIpc) is 2.19. The molecule has 0 radical (unpaired) electrons. The van der Waals surface area contributed by atoms with Crippen molar-refractivity contribution in [2.24, 2.45) is 5.16 Å². The minimum atomic E-state index is 0.673. The number of rotatable bonds is 2. The molecule has 0 aromatic carbocycles. The fourth-order valence-electron chi connectivity index (χ4n) is 0.611. The first-order chi connectivity index (χ1) is 3.93. The van der Waals surface area contributed by atoms with E-state index in [1.165, 1.54) is 0 Å². The van der Waals surface area contributed by atoms with Gasteiger partial charge in [0.15, 0.2) is 0 Å². The van der Waals surface area contributed by atoms with Crippen LogP contribution in [0.5, 0.6) is 0 Å². The first-order valence-corrected chi connectivity index (χ1v) is 3.42. The van der Waals surface area contributed by atoms with Crippen molar-refractivity contribution >= 4 is 16.2 Å². The van der Waals surface area contributed by atoms with Crippen molar-refractivity contribution in [2.75, 3.05) is 13.2 Å². The van der Waals surface area contributed by atoms with Gasteiger partial charge in [0.05, 0.1) is 12.3 Å². The van der Waals surface area contributed by atoms with Crippen molar-refractivity contribution in [3.05, 3.63) is 0 Å². The summed E-state index contributed by atoms with van der Waals surface area (Å²) in [5.74, 6) is 0. The van der Waals surface area contributed by atoms with Gasteiger partial charge in [0.1, 0.15) is 17.1 Å². The van der Waals surface area contributed by atoms with Crippen LogP contribution in [0.3, 0.4) is 0 Å². The lowest BCUT2D eigenvalue weighted by atomic mass is 10.3. The van der Waals surface area contributed by atoms with Crippen molar-refractivity contribution < 1.29 is 9.26 Å². The van der Waals surface area contributed by atoms with E-state index < -0.39 is 0 Å². The molecule has 0 spiro atoms. The minimum absolute atomic E-state index is 0.673. The van der Waals surface area contributed by atoms with Gasteiger partial charge < -0.3 is 9.26 Å². The monoisotopic (exact) mass is 131 g/mol. The molecule has 4 heteroatoms. The van der Waals surface area contributed by atoms with E-state index >= 15 is 0 Å². The summed E-state index contributed by atoms with van der Waals surface area (Å²) in [7, 11) is 0.787. The molecule has 0 bridgehead atoms. The average molecular weight is 131 g/mol. The highest BCUT2D eigenvalue weighted by Crippen LogP contribution is 1.98. The Labute approximate surface area is 51.2 Å². The summed E-state index contributed by atoms with van der Waals surface area (Å²) in [6.07, 6.45) is 0.947. The van der Waals surface area contributed by atoms with Crippen molar-refractivity contribution in [1.29, 1.82) is 0 Å². The molecule has 1 aliphatic heterocycles. The molecule has 1 rings (SSSR count). The molecule has 1 aliphatic rings. The summed E-state index contributed by atoms with van der Waals surface area (Å²) < 4.78 is 4.95. The zero-order valence-corrected chi connectivity index (χ0v) is 6.89. The second kappa shape index (κ2) is 2.83.